The second-order valence-electron chi connectivity index (χ2n) is 2.91. The van der Waals surface area contributed by atoms with Crippen molar-refractivity contribution in [3.8, 4) is 0 Å². The minimum Gasteiger partial charge on any atom is -0.315 e. The smallest absolute Gasteiger partial charge is 0.0406 e. The molecule has 1 saturated heterocycles. The Morgan fingerprint density at radius 3 is 2.17 bits per heavy atom. The van der Waals surface area contributed by atoms with Gasteiger partial charge in [0.25, 0.3) is 0 Å². The zero-order chi connectivity index (χ0) is 7.68. The van der Waals surface area contributed by atoms with E-state index in [2.05, 4.69) is 17.4 Å². The zero-order valence-electron chi connectivity index (χ0n) is 6.59. The van der Waals surface area contributed by atoms with Crippen molar-refractivity contribution in [2.45, 2.75) is 5.92 Å². The normalized spacial score (nSPS) is 16.4. The molecule has 3 heteroatoms. The predicted molar refractivity (Wildman–Crippen MR) is 54.3 cm³/mol. The van der Waals surface area contributed by atoms with Gasteiger partial charge in [-0.2, -0.15) is 0 Å². The second-order valence-corrected chi connectivity index (χ2v) is 3.34. The number of halogens is 2. The Bertz CT molecular complexity index is 241. The molecular formula is C9H11Cl2N. The van der Waals surface area contributed by atoms with Gasteiger partial charge < -0.3 is 5.32 Å². The minimum atomic E-state index is 0. The molecule has 0 saturated carbocycles. The van der Waals surface area contributed by atoms with Gasteiger partial charge in [-0.25, -0.2) is 0 Å². The molecule has 0 radical (unpaired) electrons. The highest BCUT2D eigenvalue weighted by Crippen LogP contribution is 2.21. The topological polar surface area (TPSA) is 12.0 Å². The fourth-order valence-electron chi connectivity index (χ4n) is 1.26. The molecule has 0 bridgehead atoms. The van der Waals surface area contributed by atoms with Gasteiger partial charge in [0.2, 0.25) is 0 Å². The van der Waals surface area contributed by atoms with Crippen LogP contribution in [-0.4, -0.2) is 13.1 Å². The summed E-state index contributed by atoms with van der Waals surface area (Å²) in [5, 5.41) is 4.06. The molecule has 0 unspecified atom stereocenters. The van der Waals surface area contributed by atoms with Crippen molar-refractivity contribution in [3.05, 3.63) is 34.9 Å². The fourth-order valence-corrected chi connectivity index (χ4v) is 1.39. The molecule has 1 N–H and O–H groups in total. The molecule has 1 heterocycles. The van der Waals surface area contributed by atoms with Gasteiger partial charge in [0.15, 0.2) is 0 Å². The average Bonchev–Trinajstić information content (AvgIpc) is 1.90. The summed E-state index contributed by atoms with van der Waals surface area (Å²) in [6.07, 6.45) is 0. The van der Waals surface area contributed by atoms with Gasteiger partial charge in [0.1, 0.15) is 0 Å². The van der Waals surface area contributed by atoms with E-state index in [0.717, 1.165) is 18.1 Å². The monoisotopic (exact) mass is 203 g/mol. The van der Waals surface area contributed by atoms with Gasteiger partial charge in [-0.3, -0.25) is 0 Å². The number of benzene rings is 1. The van der Waals surface area contributed by atoms with E-state index in [0.29, 0.717) is 5.92 Å². The molecule has 1 nitrogen and oxygen atoms in total. The lowest BCUT2D eigenvalue weighted by molar-refractivity contribution is 0.448. The molecule has 1 fully saturated rings. The van der Waals surface area contributed by atoms with E-state index in [1.165, 1.54) is 5.56 Å². The molecule has 0 atom stereocenters. The maximum absolute atomic E-state index is 5.76. The highest BCUT2D eigenvalue weighted by atomic mass is 35.5. The zero-order valence-corrected chi connectivity index (χ0v) is 8.16. The van der Waals surface area contributed by atoms with Crippen molar-refractivity contribution in [2.24, 2.45) is 0 Å². The van der Waals surface area contributed by atoms with Gasteiger partial charge in [0, 0.05) is 24.0 Å². The van der Waals surface area contributed by atoms with E-state index in [9.17, 15) is 0 Å². The predicted octanol–water partition coefficient (Wildman–Crippen LogP) is 2.45. The molecule has 1 aromatic rings. The second kappa shape index (κ2) is 4.13. The molecule has 0 aromatic heterocycles. The van der Waals surface area contributed by atoms with E-state index in [1.807, 2.05) is 12.1 Å². The van der Waals surface area contributed by atoms with Crippen LogP contribution in [0.25, 0.3) is 0 Å². The molecule has 2 rings (SSSR count). The Kier molecular flexibility index (Phi) is 3.39. The first-order valence-corrected chi connectivity index (χ1v) is 4.20. The van der Waals surface area contributed by atoms with Crippen LogP contribution in [0.4, 0.5) is 0 Å². The van der Waals surface area contributed by atoms with Crippen molar-refractivity contribution < 1.29 is 0 Å². The number of rotatable bonds is 1. The van der Waals surface area contributed by atoms with Crippen LogP contribution in [0.5, 0.6) is 0 Å². The lowest BCUT2D eigenvalue weighted by Crippen LogP contribution is -2.39. The van der Waals surface area contributed by atoms with E-state index in [-0.39, 0.29) is 12.4 Å². The Morgan fingerprint density at radius 1 is 1.17 bits per heavy atom. The summed E-state index contributed by atoms with van der Waals surface area (Å²) in [5.41, 5.74) is 1.40. The minimum absolute atomic E-state index is 0. The largest absolute Gasteiger partial charge is 0.315 e. The molecule has 12 heavy (non-hydrogen) atoms. The van der Waals surface area contributed by atoms with Crippen LogP contribution >= 0.6 is 24.0 Å². The van der Waals surface area contributed by atoms with Gasteiger partial charge in [-0.15, -0.1) is 12.4 Å². The Balaban J connectivity index is 0.000000720. The molecule has 0 spiro atoms. The molecule has 1 aliphatic heterocycles. The van der Waals surface area contributed by atoms with E-state index < -0.39 is 0 Å². The van der Waals surface area contributed by atoms with E-state index >= 15 is 0 Å². The van der Waals surface area contributed by atoms with Crippen LogP contribution in [0.3, 0.4) is 0 Å². The number of nitrogens with one attached hydrogen (secondary N) is 1. The van der Waals surface area contributed by atoms with Crippen LogP contribution in [0.15, 0.2) is 24.3 Å². The maximum Gasteiger partial charge on any atom is 0.0406 e. The van der Waals surface area contributed by atoms with Gasteiger partial charge in [-0.1, -0.05) is 23.7 Å². The molecule has 1 aromatic carbocycles. The van der Waals surface area contributed by atoms with Crippen molar-refractivity contribution >= 4 is 24.0 Å². The number of hydrogen-bond acceptors (Lipinski definition) is 1. The summed E-state index contributed by atoms with van der Waals surface area (Å²) < 4.78 is 0. The third kappa shape index (κ3) is 1.92. The SMILES string of the molecule is Cl.Clc1ccc(C2CNC2)cc1. The summed E-state index contributed by atoms with van der Waals surface area (Å²) >= 11 is 5.76. The molecule has 66 valence electrons. The highest BCUT2D eigenvalue weighted by molar-refractivity contribution is 6.30. The summed E-state index contributed by atoms with van der Waals surface area (Å²) in [6.45, 7) is 2.23. The Morgan fingerprint density at radius 2 is 1.75 bits per heavy atom. The van der Waals surface area contributed by atoms with Crippen molar-refractivity contribution in [1.29, 1.82) is 0 Å². The van der Waals surface area contributed by atoms with Crippen LogP contribution in [0, 0.1) is 0 Å². The molecule has 0 aliphatic carbocycles. The first-order chi connectivity index (χ1) is 5.36. The van der Waals surface area contributed by atoms with Crippen LogP contribution in [0.1, 0.15) is 11.5 Å². The third-order valence-electron chi connectivity index (χ3n) is 2.12. The first-order valence-electron chi connectivity index (χ1n) is 3.82. The van der Waals surface area contributed by atoms with Crippen molar-refractivity contribution in [3.63, 3.8) is 0 Å². The summed E-state index contributed by atoms with van der Waals surface area (Å²) in [4.78, 5) is 0. The lowest BCUT2D eigenvalue weighted by atomic mass is 9.94. The Hall–Kier alpha value is -0.240. The van der Waals surface area contributed by atoms with Gasteiger partial charge in [-0.05, 0) is 17.7 Å². The Labute approximate surface area is 83.5 Å². The first kappa shape index (κ1) is 9.85. The average molecular weight is 204 g/mol. The quantitative estimate of drug-likeness (QED) is 0.740. The van der Waals surface area contributed by atoms with E-state index in [4.69, 9.17) is 11.6 Å². The summed E-state index contributed by atoms with van der Waals surface area (Å²) in [7, 11) is 0. The van der Waals surface area contributed by atoms with Crippen LogP contribution in [0.2, 0.25) is 5.02 Å². The van der Waals surface area contributed by atoms with Crippen LogP contribution in [-0.2, 0) is 0 Å². The van der Waals surface area contributed by atoms with Crippen molar-refractivity contribution in [1.82, 2.24) is 5.32 Å². The molecule has 1 aliphatic rings. The third-order valence-corrected chi connectivity index (χ3v) is 2.37. The van der Waals surface area contributed by atoms with Crippen LogP contribution < -0.4 is 5.32 Å². The van der Waals surface area contributed by atoms with E-state index in [1.54, 1.807) is 0 Å². The standard InChI is InChI=1S/C9H10ClN.ClH/c10-9-3-1-7(2-4-9)8-5-11-6-8;/h1-4,8,11H,5-6H2;1H. The molecular weight excluding hydrogens is 193 g/mol. The highest BCUT2D eigenvalue weighted by Gasteiger charge is 2.17. The van der Waals surface area contributed by atoms with Gasteiger partial charge in [0.05, 0.1) is 0 Å². The summed E-state index contributed by atoms with van der Waals surface area (Å²) in [5.74, 6) is 0.715. The molecule has 0 amide bonds. The summed E-state index contributed by atoms with van der Waals surface area (Å²) in [6, 6.07) is 8.12. The maximum atomic E-state index is 5.76. The van der Waals surface area contributed by atoms with Crippen molar-refractivity contribution in [2.75, 3.05) is 13.1 Å². The van der Waals surface area contributed by atoms with Gasteiger partial charge >= 0.3 is 0 Å². The fraction of sp³-hybridized carbons (Fsp3) is 0.333. The number of hydrogen-bond donors (Lipinski definition) is 1. The lowest BCUT2D eigenvalue weighted by Gasteiger charge is -2.27.